The van der Waals surface area contributed by atoms with E-state index in [0.29, 0.717) is 12.2 Å². The second-order valence-corrected chi connectivity index (χ2v) is 4.63. The number of carbonyl (C=O) groups is 1. The molecule has 0 amide bonds. The fourth-order valence-corrected chi connectivity index (χ4v) is 2.10. The van der Waals surface area contributed by atoms with Crippen LogP contribution in [0.25, 0.3) is 5.69 Å². The number of nitrogens with zero attached hydrogens (tertiary/aromatic N) is 1. The Morgan fingerprint density at radius 2 is 1.63 bits per heavy atom. The molecule has 0 saturated carbocycles. The predicted molar refractivity (Wildman–Crippen MR) is 75.8 cm³/mol. The molecule has 0 unspecified atom stereocenters. The minimum Gasteiger partial charge on any atom is -0.462 e. The number of rotatable bonds is 4. The van der Waals surface area contributed by atoms with Crippen LogP contribution >= 0.6 is 0 Å². The molecule has 0 aliphatic rings. The highest BCUT2D eigenvalue weighted by molar-refractivity contribution is 5.89. The average Bonchev–Trinajstić information content (AvgIpc) is 2.76. The Balaban J connectivity index is 2.21. The van der Waals surface area contributed by atoms with Gasteiger partial charge in [0.2, 0.25) is 0 Å². The molecule has 0 aliphatic carbocycles. The van der Waals surface area contributed by atoms with Crippen molar-refractivity contribution in [3.63, 3.8) is 0 Å². The Bertz CT molecular complexity index is 547. The van der Waals surface area contributed by atoms with Crippen LogP contribution in [0.5, 0.6) is 0 Å². The number of ether oxygens (including phenoxy) is 1. The van der Waals surface area contributed by atoms with Gasteiger partial charge in [-0.1, -0.05) is 6.92 Å². The zero-order valence-electron chi connectivity index (χ0n) is 11.6. The van der Waals surface area contributed by atoms with E-state index in [2.05, 4.69) is 30.5 Å². The second-order valence-electron chi connectivity index (χ2n) is 4.63. The van der Waals surface area contributed by atoms with Crippen molar-refractivity contribution in [1.82, 2.24) is 4.57 Å². The highest BCUT2D eigenvalue weighted by Gasteiger charge is 2.08. The Kier molecular flexibility index (Phi) is 4.05. The molecule has 0 aliphatic heterocycles. The summed E-state index contributed by atoms with van der Waals surface area (Å²) in [5.74, 6) is -0.255. The number of aromatic nitrogens is 1. The molecule has 2 aromatic rings. The van der Waals surface area contributed by atoms with Gasteiger partial charge in [0.05, 0.1) is 12.2 Å². The van der Waals surface area contributed by atoms with Gasteiger partial charge in [-0.3, -0.25) is 0 Å². The zero-order chi connectivity index (χ0) is 13.8. The number of hydrogen-bond donors (Lipinski definition) is 0. The van der Waals surface area contributed by atoms with Crippen LogP contribution in [-0.2, 0) is 4.74 Å². The summed E-state index contributed by atoms with van der Waals surface area (Å²) >= 11 is 0. The van der Waals surface area contributed by atoms with Crippen molar-refractivity contribution in [3.8, 4) is 5.69 Å². The summed E-state index contributed by atoms with van der Waals surface area (Å²) in [6.45, 7) is 6.58. The van der Waals surface area contributed by atoms with Crippen LogP contribution in [-0.4, -0.2) is 17.1 Å². The summed E-state index contributed by atoms with van der Waals surface area (Å²) in [6.07, 6.45) is 0.839. The molecule has 2 rings (SSSR count). The third-order valence-electron chi connectivity index (χ3n) is 3.07. The molecule has 0 N–H and O–H groups in total. The summed E-state index contributed by atoms with van der Waals surface area (Å²) in [7, 11) is 0. The Morgan fingerprint density at radius 3 is 2.16 bits per heavy atom. The van der Waals surface area contributed by atoms with Gasteiger partial charge < -0.3 is 9.30 Å². The van der Waals surface area contributed by atoms with E-state index in [4.69, 9.17) is 4.74 Å². The SMILES string of the molecule is CCCOC(=O)c1ccc(-n2c(C)ccc2C)cc1. The van der Waals surface area contributed by atoms with Crippen molar-refractivity contribution >= 4 is 5.97 Å². The lowest BCUT2D eigenvalue weighted by molar-refractivity contribution is 0.0505. The molecule has 3 heteroatoms. The van der Waals surface area contributed by atoms with Crippen molar-refractivity contribution in [1.29, 1.82) is 0 Å². The lowest BCUT2D eigenvalue weighted by Crippen LogP contribution is -2.06. The highest BCUT2D eigenvalue weighted by atomic mass is 16.5. The third-order valence-corrected chi connectivity index (χ3v) is 3.07. The van der Waals surface area contributed by atoms with E-state index < -0.39 is 0 Å². The monoisotopic (exact) mass is 257 g/mol. The van der Waals surface area contributed by atoms with Crippen molar-refractivity contribution in [2.24, 2.45) is 0 Å². The number of aryl methyl sites for hydroxylation is 2. The van der Waals surface area contributed by atoms with E-state index in [1.165, 1.54) is 11.4 Å². The van der Waals surface area contributed by atoms with Crippen molar-refractivity contribution in [2.75, 3.05) is 6.61 Å². The molecule has 0 saturated heterocycles. The molecule has 3 nitrogen and oxygen atoms in total. The molecule has 1 aromatic heterocycles. The molecule has 0 fully saturated rings. The fraction of sp³-hybridized carbons (Fsp3) is 0.312. The summed E-state index contributed by atoms with van der Waals surface area (Å²) in [5.41, 5.74) is 4.02. The van der Waals surface area contributed by atoms with Crippen LogP contribution in [0.2, 0.25) is 0 Å². The fourth-order valence-electron chi connectivity index (χ4n) is 2.10. The van der Waals surface area contributed by atoms with Gasteiger partial charge in [0.15, 0.2) is 0 Å². The van der Waals surface area contributed by atoms with E-state index in [1.807, 2.05) is 31.2 Å². The maximum atomic E-state index is 11.7. The van der Waals surface area contributed by atoms with Gasteiger partial charge in [-0.15, -0.1) is 0 Å². The Hall–Kier alpha value is -2.03. The summed E-state index contributed by atoms with van der Waals surface area (Å²) < 4.78 is 7.26. The molecule has 0 spiro atoms. The molecular weight excluding hydrogens is 238 g/mol. The maximum absolute atomic E-state index is 11.7. The van der Waals surface area contributed by atoms with Gasteiger partial charge in [0.1, 0.15) is 0 Å². The average molecular weight is 257 g/mol. The molecular formula is C16H19NO2. The van der Waals surface area contributed by atoms with Gasteiger partial charge in [0, 0.05) is 17.1 Å². The first-order valence-electron chi connectivity index (χ1n) is 6.56. The first kappa shape index (κ1) is 13.4. The van der Waals surface area contributed by atoms with Crippen molar-refractivity contribution in [3.05, 3.63) is 53.3 Å². The summed E-state index contributed by atoms with van der Waals surface area (Å²) in [6, 6.07) is 11.7. The van der Waals surface area contributed by atoms with Gasteiger partial charge in [-0.25, -0.2) is 4.79 Å². The molecule has 0 bridgehead atoms. The third kappa shape index (κ3) is 2.87. The van der Waals surface area contributed by atoms with Crippen LogP contribution in [0.3, 0.4) is 0 Å². The van der Waals surface area contributed by atoms with Crippen LogP contribution < -0.4 is 0 Å². The van der Waals surface area contributed by atoms with Gasteiger partial charge in [-0.05, 0) is 56.7 Å². The van der Waals surface area contributed by atoms with E-state index in [1.54, 1.807) is 0 Å². The number of carbonyl (C=O) groups excluding carboxylic acids is 1. The van der Waals surface area contributed by atoms with E-state index in [0.717, 1.165) is 12.1 Å². The van der Waals surface area contributed by atoms with E-state index in [9.17, 15) is 4.79 Å². The molecule has 100 valence electrons. The molecule has 19 heavy (non-hydrogen) atoms. The first-order chi connectivity index (χ1) is 9.13. The molecule has 1 heterocycles. The number of esters is 1. The smallest absolute Gasteiger partial charge is 0.338 e. The normalized spacial score (nSPS) is 10.5. The quantitative estimate of drug-likeness (QED) is 0.783. The maximum Gasteiger partial charge on any atom is 0.338 e. The standard InChI is InChI=1S/C16H19NO2/c1-4-11-19-16(18)14-7-9-15(10-8-14)17-12(2)5-6-13(17)3/h5-10H,4,11H2,1-3H3. The molecule has 0 radical (unpaired) electrons. The Labute approximate surface area is 113 Å². The van der Waals surface area contributed by atoms with Gasteiger partial charge in [-0.2, -0.15) is 0 Å². The topological polar surface area (TPSA) is 31.2 Å². The number of hydrogen-bond acceptors (Lipinski definition) is 2. The second kappa shape index (κ2) is 5.74. The first-order valence-corrected chi connectivity index (χ1v) is 6.56. The largest absolute Gasteiger partial charge is 0.462 e. The van der Waals surface area contributed by atoms with Crippen molar-refractivity contribution in [2.45, 2.75) is 27.2 Å². The molecule has 1 aromatic carbocycles. The minimum absolute atomic E-state index is 0.255. The molecule has 0 atom stereocenters. The van der Waals surface area contributed by atoms with E-state index >= 15 is 0 Å². The van der Waals surface area contributed by atoms with Crippen LogP contribution in [0.4, 0.5) is 0 Å². The predicted octanol–water partition coefficient (Wildman–Crippen LogP) is 3.66. The van der Waals surface area contributed by atoms with Gasteiger partial charge >= 0.3 is 5.97 Å². The minimum atomic E-state index is -0.255. The zero-order valence-corrected chi connectivity index (χ0v) is 11.6. The Morgan fingerprint density at radius 1 is 1.05 bits per heavy atom. The van der Waals surface area contributed by atoms with Gasteiger partial charge in [0.25, 0.3) is 0 Å². The van der Waals surface area contributed by atoms with Crippen LogP contribution in [0, 0.1) is 13.8 Å². The van der Waals surface area contributed by atoms with Crippen LogP contribution in [0.15, 0.2) is 36.4 Å². The lowest BCUT2D eigenvalue weighted by atomic mass is 10.2. The van der Waals surface area contributed by atoms with Crippen LogP contribution in [0.1, 0.15) is 35.1 Å². The van der Waals surface area contributed by atoms with Crippen molar-refractivity contribution < 1.29 is 9.53 Å². The summed E-state index contributed by atoms with van der Waals surface area (Å²) in [4.78, 5) is 11.7. The highest BCUT2D eigenvalue weighted by Crippen LogP contribution is 2.17. The lowest BCUT2D eigenvalue weighted by Gasteiger charge is -2.10. The van der Waals surface area contributed by atoms with E-state index in [-0.39, 0.29) is 5.97 Å². The number of benzene rings is 1. The summed E-state index contributed by atoms with van der Waals surface area (Å²) in [5, 5.41) is 0.